The molecule has 0 saturated carbocycles. The first kappa shape index (κ1) is 22.1. The van der Waals surface area contributed by atoms with E-state index in [2.05, 4.69) is 20.9 Å². The van der Waals surface area contributed by atoms with E-state index < -0.39 is 28.8 Å². The van der Waals surface area contributed by atoms with Crippen molar-refractivity contribution in [1.29, 1.82) is 0 Å². The van der Waals surface area contributed by atoms with Gasteiger partial charge in [-0.05, 0) is 43.7 Å². The van der Waals surface area contributed by atoms with Gasteiger partial charge in [-0.1, -0.05) is 23.2 Å². The number of halogens is 4. The van der Waals surface area contributed by atoms with E-state index in [1.807, 2.05) is 0 Å². The van der Waals surface area contributed by atoms with E-state index in [0.717, 1.165) is 0 Å². The third-order valence-electron chi connectivity index (χ3n) is 6.26. The second kappa shape index (κ2) is 8.23. The number of benzene rings is 2. The minimum absolute atomic E-state index is 0.0125. The van der Waals surface area contributed by atoms with Crippen LogP contribution in [0.5, 0.6) is 0 Å². The topological polar surface area (TPSA) is 88.1 Å². The van der Waals surface area contributed by atoms with Crippen molar-refractivity contribution in [2.75, 3.05) is 25.0 Å². The summed E-state index contributed by atoms with van der Waals surface area (Å²) in [6.07, 6.45) is 2.08. The van der Waals surface area contributed by atoms with Crippen LogP contribution in [0.15, 0.2) is 35.4 Å². The highest BCUT2D eigenvalue weighted by atomic mass is 35.5. The van der Waals surface area contributed by atoms with Crippen LogP contribution >= 0.6 is 23.2 Å². The van der Waals surface area contributed by atoms with Gasteiger partial charge in [0.1, 0.15) is 17.4 Å². The molecule has 5 rings (SSSR count). The van der Waals surface area contributed by atoms with Crippen LogP contribution in [-0.2, 0) is 10.3 Å². The molecule has 3 heterocycles. The molecule has 172 valence electrons. The molecule has 1 amide bonds. The molecule has 33 heavy (non-hydrogen) atoms. The molecule has 11 heteroatoms. The van der Waals surface area contributed by atoms with E-state index in [1.165, 1.54) is 35.2 Å². The fourth-order valence-corrected chi connectivity index (χ4v) is 5.15. The first-order valence-electron chi connectivity index (χ1n) is 10.4. The molecule has 0 radical (unpaired) electrons. The SMILES string of the molecule is O=C1NCC[C@H]1n1cnc2c(F)cc(N[C@@]3(c4c(F)ccc(Cl)c4Cl)CCNC3)cc2c1=O. The van der Waals surface area contributed by atoms with Crippen molar-refractivity contribution in [2.24, 2.45) is 0 Å². The Morgan fingerprint density at radius 2 is 1.97 bits per heavy atom. The minimum Gasteiger partial charge on any atom is -0.374 e. The highest BCUT2D eigenvalue weighted by Crippen LogP contribution is 2.41. The van der Waals surface area contributed by atoms with E-state index in [-0.39, 0.29) is 38.1 Å². The summed E-state index contributed by atoms with van der Waals surface area (Å²) >= 11 is 12.5. The van der Waals surface area contributed by atoms with Crippen molar-refractivity contribution in [1.82, 2.24) is 20.2 Å². The van der Waals surface area contributed by atoms with Crippen LogP contribution in [0, 0.1) is 11.6 Å². The van der Waals surface area contributed by atoms with Crippen molar-refractivity contribution in [3.8, 4) is 0 Å². The maximum absolute atomic E-state index is 15.0. The molecule has 3 N–H and O–H groups in total. The highest BCUT2D eigenvalue weighted by Gasteiger charge is 2.40. The third kappa shape index (κ3) is 3.64. The molecule has 0 aliphatic carbocycles. The van der Waals surface area contributed by atoms with Gasteiger partial charge in [-0.3, -0.25) is 14.2 Å². The summed E-state index contributed by atoms with van der Waals surface area (Å²) < 4.78 is 31.1. The van der Waals surface area contributed by atoms with Crippen LogP contribution in [-0.4, -0.2) is 35.1 Å². The van der Waals surface area contributed by atoms with Gasteiger partial charge >= 0.3 is 0 Å². The normalized spacial score (nSPS) is 22.7. The maximum Gasteiger partial charge on any atom is 0.262 e. The number of carbonyl (C=O) groups is 1. The Morgan fingerprint density at radius 1 is 1.15 bits per heavy atom. The molecule has 7 nitrogen and oxygen atoms in total. The molecule has 2 aliphatic rings. The maximum atomic E-state index is 15.0. The number of anilines is 1. The second-order valence-corrected chi connectivity index (χ2v) is 9.04. The number of amides is 1. The number of aromatic nitrogens is 2. The van der Waals surface area contributed by atoms with Gasteiger partial charge in [0, 0.05) is 24.3 Å². The van der Waals surface area contributed by atoms with E-state index >= 15 is 0 Å². The summed E-state index contributed by atoms with van der Waals surface area (Å²) in [7, 11) is 0. The van der Waals surface area contributed by atoms with Gasteiger partial charge in [0.2, 0.25) is 5.91 Å². The number of hydrogen-bond donors (Lipinski definition) is 3. The predicted molar refractivity (Wildman–Crippen MR) is 122 cm³/mol. The predicted octanol–water partition coefficient (Wildman–Crippen LogP) is 3.34. The second-order valence-electron chi connectivity index (χ2n) is 8.26. The van der Waals surface area contributed by atoms with Crippen LogP contribution in [0.1, 0.15) is 24.4 Å². The van der Waals surface area contributed by atoms with Gasteiger partial charge < -0.3 is 16.0 Å². The van der Waals surface area contributed by atoms with Crippen molar-refractivity contribution in [3.05, 3.63) is 68.2 Å². The fraction of sp³-hybridized carbons (Fsp3) is 0.318. The fourth-order valence-electron chi connectivity index (χ4n) is 4.66. The quantitative estimate of drug-likeness (QED) is 0.485. The van der Waals surface area contributed by atoms with Gasteiger partial charge in [-0.2, -0.15) is 0 Å². The highest BCUT2D eigenvalue weighted by molar-refractivity contribution is 6.42. The summed E-state index contributed by atoms with van der Waals surface area (Å²) in [5.74, 6) is -1.54. The standard InChI is InChI=1S/C22H19Cl2F2N5O2/c23-13-1-2-14(25)17(18(13)24)22(4-6-27-9-22)30-11-7-12-19(15(26)8-11)29-10-31(21(12)33)16-3-5-28-20(16)32/h1-2,7-8,10,16,27,30H,3-6,9H2,(H,28,32)/t16-,22+/m1/s1. The van der Waals surface area contributed by atoms with Crippen LogP contribution in [0.2, 0.25) is 10.0 Å². The van der Waals surface area contributed by atoms with Gasteiger partial charge in [-0.15, -0.1) is 0 Å². The Balaban J connectivity index is 1.62. The zero-order valence-electron chi connectivity index (χ0n) is 17.2. The number of hydrogen-bond acceptors (Lipinski definition) is 5. The zero-order chi connectivity index (χ0) is 23.3. The van der Waals surface area contributed by atoms with Gasteiger partial charge in [0.05, 0.1) is 27.3 Å². The first-order chi connectivity index (χ1) is 15.8. The molecule has 1 aromatic heterocycles. The van der Waals surface area contributed by atoms with Crippen LogP contribution in [0.4, 0.5) is 14.5 Å². The van der Waals surface area contributed by atoms with Crippen molar-refractivity contribution < 1.29 is 13.6 Å². The number of fused-ring (bicyclic) bond motifs is 1. The number of rotatable bonds is 4. The Labute approximate surface area is 197 Å². The van der Waals surface area contributed by atoms with Gasteiger partial charge in [0.15, 0.2) is 5.82 Å². The summed E-state index contributed by atoms with van der Waals surface area (Å²) in [6.45, 7) is 1.32. The lowest BCUT2D eigenvalue weighted by Crippen LogP contribution is -2.39. The molecule has 0 unspecified atom stereocenters. The van der Waals surface area contributed by atoms with E-state index in [0.29, 0.717) is 32.5 Å². The van der Waals surface area contributed by atoms with Crippen molar-refractivity contribution >= 4 is 45.7 Å². The van der Waals surface area contributed by atoms with Gasteiger partial charge in [0.25, 0.3) is 5.56 Å². The average Bonchev–Trinajstić information content (AvgIpc) is 3.41. The largest absolute Gasteiger partial charge is 0.374 e. The molecule has 0 bridgehead atoms. The van der Waals surface area contributed by atoms with Crippen molar-refractivity contribution in [3.63, 3.8) is 0 Å². The lowest BCUT2D eigenvalue weighted by molar-refractivity contribution is -0.121. The Morgan fingerprint density at radius 3 is 2.67 bits per heavy atom. The third-order valence-corrected chi connectivity index (χ3v) is 7.06. The van der Waals surface area contributed by atoms with Gasteiger partial charge in [-0.25, -0.2) is 13.8 Å². The summed E-state index contributed by atoms with van der Waals surface area (Å²) in [6, 6.07) is 4.59. The molecule has 2 saturated heterocycles. The minimum atomic E-state index is -1.02. The molecule has 2 aliphatic heterocycles. The molecular formula is C22H19Cl2F2N5O2. The first-order valence-corrected chi connectivity index (χ1v) is 11.2. The van der Waals surface area contributed by atoms with Crippen molar-refractivity contribution in [2.45, 2.75) is 24.4 Å². The van der Waals surface area contributed by atoms with E-state index in [1.54, 1.807) is 0 Å². The Bertz CT molecular complexity index is 1340. The molecule has 3 aromatic rings. The Hall–Kier alpha value is -2.75. The molecular weight excluding hydrogens is 475 g/mol. The number of nitrogens with one attached hydrogen (secondary N) is 3. The van der Waals surface area contributed by atoms with Crippen LogP contribution in [0.25, 0.3) is 10.9 Å². The van der Waals surface area contributed by atoms with E-state index in [4.69, 9.17) is 23.2 Å². The lowest BCUT2D eigenvalue weighted by atomic mass is 9.87. The number of nitrogens with zero attached hydrogens (tertiary/aromatic N) is 2. The molecule has 2 atom stereocenters. The monoisotopic (exact) mass is 493 g/mol. The molecule has 0 spiro atoms. The average molecular weight is 494 g/mol. The number of carbonyl (C=O) groups excluding carboxylic acids is 1. The van der Waals surface area contributed by atoms with Crippen LogP contribution < -0.4 is 21.5 Å². The van der Waals surface area contributed by atoms with E-state index in [9.17, 15) is 18.4 Å². The summed E-state index contributed by atoms with van der Waals surface area (Å²) in [5.41, 5.74) is -1.22. The smallest absolute Gasteiger partial charge is 0.262 e. The molecule has 2 fully saturated rings. The molecule has 2 aromatic carbocycles. The lowest BCUT2D eigenvalue weighted by Gasteiger charge is -2.33. The zero-order valence-corrected chi connectivity index (χ0v) is 18.7. The van der Waals surface area contributed by atoms with Crippen LogP contribution in [0.3, 0.4) is 0 Å². The summed E-state index contributed by atoms with van der Waals surface area (Å²) in [5, 5.41) is 9.33. The summed E-state index contributed by atoms with van der Waals surface area (Å²) in [4.78, 5) is 29.3. The Kier molecular flexibility index (Phi) is 5.50.